The fourth-order valence-electron chi connectivity index (χ4n) is 8.15. The van der Waals surface area contributed by atoms with E-state index in [9.17, 15) is 9.90 Å². The highest BCUT2D eigenvalue weighted by atomic mass is 16.5. The summed E-state index contributed by atoms with van der Waals surface area (Å²) in [5.74, 6) is 1.72. The van der Waals surface area contributed by atoms with Crippen LogP contribution in [0, 0.1) is 5.92 Å². The molecule has 6 nitrogen and oxygen atoms in total. The first kappa shape index (κ1) is 21.7. The summed E-state index contributed by atoms with van der Waals surface area (Å²) in [4.78, 5) is 15.5. The summed E-state index contributed by atoms with van der Waals surface area (Å²) in [5.41, 5.74) is 2.99. The zero-order valence-electron chi connectivity index (χ0n) is 20.4. The van der Waals surface area contributed by atoms with Crippen LogP contribution in [0.3, 0.4) is 0 Å². The summed E-state index contributed by atoms with van der Waals surface area (Å²) in [6.07, 6.45) is 6.21. The van der Waals surface area contributed by atoms with Crippen LogP contribution in [0.4, 0.5) is 0 Å². The number of phenols is 1. The summed E-state index contributed by atoms with van der Waals surface area (Å²) < 4.78 is 6.76. The van der Waals surface area contributed by atoms with Gasteiger partial charge in [0, 0.05) is 37.7 Å². The molecule has 2 aliphatic heterocycles. The third-order valence-corrected chi connectivity index (χ3v) is 9.63. The largest absolute Gasteiger partial charge is 0.504 e. The van der Waals surface area contributed by atoms with E-state index in [1.54, 1.807) is 13.0 Å². The Labute approximate surface area is 207 Å². The lowest BCUT2D eigenvalue weighted by atomic mass is 9.46. The van der Waals surface area contributed by atoms with Gasteiger partial charge >= 0.3 is 0 Å². The molecule has 184 valence electrons. The minimum Gasteiger partial charge on any atom is -0.504 e. The molecule has 0 radical (unpaired) electrons. The first-order valence-electron chi connectivity index (χ1n) is 13.3. The molecule has 1 spiro atoms. The van der Waals surface area contributed by atoms with Crippen LogP contribution in [0.25, 0.3) is 0 Å². The molecule has 7 rings (SSSR count). The van der Waals surface area contributed by atoms with Crippen molar-refractivity contribution in [3.8, 4) is 11.5 Å². The number of nitrogens with one attached hydrogen (secondary N) is 2. The molecule has 2 unspecified atom stereocenters. The van der Waals surface area contributed by atoms with E-state index < -0.39 is 0 Å². The van der Waals surface area contributed by atoms with E-state index in [1.165, 1.54) is 29.5 Å². The molecule has 0 aromatic heterocycles. The predicted molar refractivity (Wildman–Crippen MR) is 133 cm³/mol. The van der Waals surface area contributed by atoms with Crippen molar-refractivity contribution in [2.24, 2.45) is 5.92 Å². The molecule has 3 fully saturated rings. The normalized spacial score (nSPS) is 34.7. The number of rotatable bonds is 6. The Kier molecular flexibility index (Phi) is 4.78. The first-order chi connectivity index (χ1) is 17.0. The molecule has 2 aromatic rings. The van der Waals surface area contributed by atoms with Crippen molar-refractivity contribution in [3.63, 3.8) is 0 Å². The SMILES string of the molecule is CC(=O)N[C@@]12CCC(NCc3ccccc3)C3Oc4c(O)ccc5c4[C@@]31CCN(CC1CC1)[C@@H]2C5. The molecule has 5 atom stereocenters. The third-order valence-electron chi connectivity index (χ3n) is 9.63. The lowest BCUT2D eigenvalue weighted by Gasteiger charge is -2.66. The fraction of sp³-hybridized carbons (Fsp3) is 0.552. The Balaban J connectivity index is 1.34. The number of nitrogens with zero attached hydrogens (tertiary/aromatic N) is 1. The van der Waals surface area contributed by atoms with Gasteiger partial charge in [0.05, 0.1) is 11.0 Å². The standard InChI is InChI=1S/C29H35N3O3/c1-18(33)31-29-12-11-22(30-16-19-5-3-2-4-6-19)27-28(29)13-14-32(17-20-7-8-20)24(29)15-21-9-10-23(34)26(35-27)25(21)28/h2-6,9-10,20,22,24,27,30,34H,7-8,11-17H2,1H3,(H,31,33)/t22?,24-,27?,28+,29-/m1/s1. The van der Waals surface area contributed by atoms with Gasteiger partial charge in [0.1, 0.15) is 6.10 Å². The number of likely N-dealkylation sites (tertiary alicyclic amines) is 1. The molecular weight excluding hydrogens is 438 g/mol. The van der Waals surface area contributed by atoms with Crippen LogP contribution in [0.5, 0.6) is 11.5 Å². The second kappa shape index (κ2) is 7.71. The Morgan fingerprint density at radius 2 is 1.97 bits per heavy atom. The maximum Gasteiger partial charge on any atom is 0.217 e. The zero-order chi connectivity index (χ0) is 23.8. The lowest BCUT2D eigenvalue weighted by molar-refractivity contribution is -0.135. The van der Waals surface area contributed by atoms with Crippen LogP contribution in [0.15, 0.2) is 42.5 Å². The van der Waals surface area contributed by atoms with E-state index in [1.807, 2.05) is 6.07 Å². The number of aromatic hydroxyl groups is 1. The summed E-state index contributed by atoms with van der Waals surface area (Å²) in [6, 6.07) is 14.8. The number of phenolic OH excluding ortho intramolecular Hbond substituents is 1. The van der Waals surface area contributed by atoms with Gasteiger partial charge in [-0.3, -0.25) is 9.69 Å². The van der Waals surface area contributed by atoms with Gasteiger partial charge < -0.3 is 20.5 Å². The minimum absolute atomic E-state index is 0.0362. The topological polar surface area (TPSA) is 73.8 Å². The van der Waals surface area contributed by atoms with Gasteiger partial charge in [-0.05, 0) is 68.2 Å². The third kappa shape index (κ3) is 3.05. The molecule has 2 bridgehead atoms. The van der Waals surface area contributed by atoms with E-state index in [2.05, 4.69) is 45.9 Å². The molecule has 3 N–H and O–H groups in total. The number of carbonyl (C=O) groups is 1. The molecule has 2 heterocycles. The van der Waals surface area contributed by atoms with E-state index >= 15 is 0 Å². The number of hydrogen-bond acceptors (Lipinski definition) is 5. The molecule has 2 saturated carbocycles. The van der Waals surface area contributed by atoms with E-state index in [4.69, 9.17) is 4.74 Å². The summed E-state index contributed by atoms with van der Waals surface area (Å²) >= 11 is 0. The lowest BCUT2D eigenvalue weighted by Crippen LogP contribution is -2.82. The number of carbonyl (C=O) groups excluding carboxylic acids is 1. The summed E-state index contributed by atoms with van der Waals surface area (Å²) in [5, 5.41) is 18.3. The predicted octanol–water partition coefficient (Wildman–Crippen LogP) is 3.26. The van der Waals surface area contributed by atoms with Crippen LogP contribution in [-0.2, 0) is 23.2 Å². The molecule has 1 amide bonds. The van der Waals surface area contributed by atoms with Gasteiger partial charge in [-0.1, -0.05) is 36.4 Å². The van der Waals surface area contributed by atoms with E-state index in [-0.39, 0.29) is 40.8 Å². The van der Waals surface area contributed by atoms with Crippen LogP contribution in [-0.4, -0.2) is 52.7 Å². The zero-order valence-corrected chi connectivity index (χ0v) is 20.4. The van der Waals surface area contributed by atoms with Gasteiger partial charge in [0.15, 0.2) is 11.5 Å². The number of amides is 1. The molecule has 2 aromatic carbocycles. The quantitative estimate of drug-likeness (QED) is 0.601. The van der Waals surface area contributed by atoms with Crippen molar-refractivity contribution in [3.05, 3.63) is 59.2 Å². The highest BCUT2D eigenvalue weighted by molar-refractivity contribution is 5.76. The van der Waals surface area contributed by atoms with Crippen molar-refractivity contribution in [1.29, 1.82) is 0 Å². The van der Waals surface area contributed by atoms with Gasteiger partial charge in [-0.2, -0.15) is 0 Å². The van der Waals surface area contributed by atoms with Crippen molar-refractivity contribution in [1.82, 2.24) is 15.5 Å². The van der Waals surface area contributed by atoms with Crippen LogP contribution >= 0.6 is 0 Å². The maximum atomic E-state index is 12.8. The second-order valence-corrected chi connectivity index (χ2v) is 11.5. The van der Waals surface area contributed by atoms with Crippen molar-refractivity contribution < 1.29 is 14.6 Å². The highest BCUT2D eigenvalue weighted by Crippen LogP contribution is 2.65. The second-order valence-electron chi connectivity index (χ2n) is 11.5. The Morgan fingerprint density at radius 1 is 1.14 bits per heavy atom. The molecular formula is C29H35N3O3. The average molecular weight is 474 g/mol. The highest BCUT2D eigenvalue weighted by Gasteiger charge is 2.73. The van der Waals surface area contributed by atoms with Gasteiger partial charge in [0.2, 0.25) is 5.91 Å². The van der Waals surface area contributed by atoms with Gasteiger partial charge in [-0.15, -0.1) is 0 Å². The molecule has 5 aliphatic rings. The number of hydrogen-bond donors (Lipinski definition) is 3. The Morgan fingerprint density at radius 3 is 2.74 bits per heavy atom. The molecule has 3 aliphatic carbocycles. The molecule has 1 saturated heterocycles. The number of ether oxygens (including phenoxy) is 1. The van der Waals surface area contributed by atoms with Crippen LogP contribution in [0.2, 0.25) is 0 Å². The number of benzene rings is 2. The first-order valence-corrected chi connectivity index (χ1v) is 13.3. The average Bonchev–Trinajstić information content (AvgIpc) is 3.59. The summed E-state index contributed by atoms with van der Waals surface area (Å²) in [7, 11) is 0. The van der Waals surface area contributed by atoms with Gasteiger partial charge in [-0.25, -0.2) is 0 Å². The van der Waals surface area contributed by atoms with Gasteiger partial charge in [0.25, 0.3) is 0 Å². The van der Waals surface area contributed by atoms with Crippen LogP contribution in [0.1, 0.15) is 55.7 Å². The van der Waals surface area contributed by atoms with E-state index in [0.29, 0.717) is 5.75 Å². The van der Waals surface area contributed by atoms with Crippen molar-refractivity contribution in [2.45, 2.75) is 81.1 Å². The Bertz CT molecular complexity index is 1170. The molecule has 6 heteroatoms. The fourth-order valence-corrected chi connectivity index (χ4v) is 8.15. The van der Waals surface area contributed by atoms with Crippen LogP contribution < -0.4 is 15.4 Å². The minimum atomic E-state index is -0.381. The smallest absolute Gasteiger partial charge is 0.217 e. The van der Waals surface area contributed by atoms with Crippen molar-refractivity contribution in [2.75, 3.05) is 13.1 Å². The monoisotopic (exact) mass is 473 g/mol. The van der Waals surface area contributed by atoms with Crippen molar-refractivity contribution >= 4 is 5.91 Å². The molecule has 35 heavy (non-hydrogen) atoms. The Hall–Kier alpha value is -2.57. The van der Waals surface area contributed by atoms with E-state index in [0.717, 1.165) is 51.2 Å². The number of piperidine rings is 1. The maximum absolute atomic E-state index is 12.8. The summed E-state index contributed by atoms with van der Waals surface area (Å²) in [6.45, 7) is 4.59.